The molecule has 0 saturated carbocycles. The number of rotatable bonds is 6. The Morgan fingerprint density at radius 3 is 2.36 bits per heavy atom. The van der Waals surface area contributed by atoms with Gasteiger partial charge < -0.3 is 5.32 Å². The van der Waals surface area contributed by atoms with Crippen molar-refractivity contribution in [3.8, 4) is 0 Å². The number of halogens is 2. The number of carbonyl (C=O) groups excluding carboxylic acids is 1. The number of nitro groups is 1. The fraction of sp³-hybridized carbons (Fsp3) is 0.133. The van der Waals surface area contributed by atoms with Gasteiger partial charge in [0.2, 0.25) is 5.91 Å². The largest absolute Gasteiger partial charge is 0.324 e. The number of benzene rings is 2. The molecule has 0 saturated heterocycles. The summed E-state index contributed by atoms with van der Waals surface area (Å²) in [6, 6.07) is 9.69. The van der Waals surface area contributed by atoms with Gasteiger partial charge in [-0.15, -0.1) is 0 Å². The summed E-state index contributed by atoms with van der Waals surface area (Å²) in [6.07, 6.45) is 0. The van der Waals surface area contributed by atoms with Gasteiger partial charge in [0.05, 0.1) is 21.4 Å². The average molecular weight is 403 g/mol. The number of anilines is 1. The fourth-order valence-electron chi connectivity index (χ4n) is 1.99. The van der Waals surface area contributed by atoms with Crippen molar-refractivity contribution in [1.29, 1.82) is 0 Å². The molecule has 2 rings (SSSR count). The number of carbonyl (C=O) groups is 1. The molecular formula is C15H12Cl2N2O5S. The second-order valence-corrected chi connectivity index (χ2v) is 8.04. The zero-order chi connectivity index (χ0) is 18.6. The second kappa shape index (κ2) is 7.81. The van der Waals surface area contributed by atoms with E-state index in [4.69, 9.17) is 23.2 Å². The van der Waals surface area contributed by atoms with Crippen molar-refractivity contribution in [3.63, 3.8) is 0 Å². The maximum absolute atomic E-state index is 12.1. The summed E-state index contributed by atoms with van der Waals surface area (Å²) < 4.78 is 24.2. The Kier molecular flexibility index (Phi) is 5.99. The quantitative estimate of drug-likeness (QED) is 0.587. The number of sulfone groups is 1. The molecule has 0 aliphatic rings. The standard InChI is InChI=1S/C15H12Cl2N2O5S/c16-11-3-1-10(2-4-11)8-25(23,24)9-15(20)18-14-7-12(19(21)22)5-6-13(14)17/h1-7H,8-9H2,(H,18,20). The first-order valence-corrected chi connectivity index (χ1v) is 9.43. The third-order valence-corrected chi connectivity index (χ3v) is 5.14. The highest BCUT2D eigenvalue weighted by molar-refractivity contribution is 7.91. The van der Waals surface area contributed by atoms with Crippen molar-refractivity contribution in [2.45, 2.75) is 5.75 Å². The number of nitro benzene ring substituents is 1. The first kappa shape index (κ1) is 19.2. The zero-order valence-electron chi connectivity index (χ0n) is 12.6. The minimum atomic E-state index is -3.74. The summed E-state index contributed by atoms with van der Waals surface area (Å²) in [4.78, 5) is 22.1. The van der Waals surface area contributed by atoms with Crippen LogP contribution in [0, 0.1) is 10.1 Å². The molecule has 0 heterocycles. The van der Waals surface area contributed by atoms with E-state index in [1.165, 1.54) is 12.1 Å². The van der Waals surface area contributed by atoms with Gasteiger partial charge in [0.1, 0.15) is 5.75 Å². The van der Waals surface area contributed by atoms with Crippen LogP contribution in [0.25, 0.3) is 0 Å². The van der Waals surface area contributed by atoms with Gasteiger partial charge in [-0.25, -0.2) is 8.42 Å². The highest BCUT2D eigenvalue weighted by Crippen LogP contribution is 2.26. The van der Waals surface area contributed by atoms with Crippen LogP contribution in [-0.2, 0) is 20.4 Å². The number of non-ortho nitro benzene ring substituents is 1. The maximum atomic E-state index is 12.1. The van der Waals surface area contributed by atoms with E-state index in [1.54, 1.807) is 24.3 Å². The van der Waals surface area contributed by atoms with Crippen LogP contribution in [0.1, 0.15) is 5.56 Å². The van der Waals surface area contributed by atoms with Crippen molar-refractivity contribution >= 4 is 50.3 Å². The van der Waals surface area contributed by atoms with Crippen LogP contribution in [0.4, 0.5) is 11.4 Å². The molecule has 7 nitrogen and oxygen atoms in total. The molecule has 0 aliphatic carbocycles. The van der Waals surface area contributed by atoms with Crippen LogP contribution >= 0.6 is 23.2 Å². The normalized spacial score (nSPS) is 11.1. The molecule has 0 atom stereocenters. The summed E-state index contributed by atoms with van der Waals surface area (Å²) in [5.41, 5.74) is 0.192. The minimum absolute atomic E-state index is 0.0254. The van der Waals surface area contributed by atoms with E-state index in [-0.39, 0.29) is 22.2 Å². The highest BCUT2D eigenvalue weighted by atomic mass is 35.5. The van der Waals surface area contributed by atoms with Crippen molar-refractivity contribution < 1.29 is 18.1 Å². The lowest BCUT2D eigenvalue weighted by Gasteiger charge is -2.08. The lowest BCUT2D eigenvalue weighted by molar-refractivity contribution is -0.384. The van der Waals surface area contributed by atoms with E-state index in [2.05, 4.69) is 5.32 Å². The fourth-order valence-corrected chi connectivity index (χ4v) is 3.56. The first-order chi connectivity index (χ1) is 11.7. The number of nitrogens with one attached hydrogen (secondary N) is 1. The van der Waals surface area contributed by atoms with Gasteiger partial charge in [-0.3, -0.25) is 14.9 Å². The summed E-state index contributed by atoms with van der Waals surface area (Å²) in [6.45, 7) is 0. The van der Waals surface area contributed by atoms with Crippen molar-refractivity contribution in [2.24, 2.45) is 0 Å². The molecule has 2 aromatic carbocycles. The summed E-state index contributed by atoms with van der Waals surface area (Å²) in [5.74, 6) is -1.95. The molecular weight excluding hydrogens is 391 g/mol. The number of hydrogen-bond donors (Lipinski definition) is 1. The first-order valence-electron chi connectivity index (χ1n) is 6.85. The highest BCUT2D eigenvalue weighted by Gasteiger charge is 2.19. The Morgan fingerprint density at radius 1 is 1.12 bits per heavy atom. The van der Waals surface area contributed by atoms with Gasteiger partial charge in [-0.2, -0.15) is 0 Å². The Morgan fingerprint density at radius 2 is 1.76 bits per heavy atom. The number of amides is 1. The topological polar surface area (TPSA) is 106 Å². The van der Waals surface area contributed by atoms with Gasteiger partial charge in [0, 0.05) is 17.2 Å². The van der Waals surface area contributed by atoms with Crippen LogP contribution in [0.2, 0.25) is 10.0 Å². The van der Waals surface area contributed by atoms with Gasteiger partial charge in [-0.1, -0.05) is 35.3 Å². The SMILES string of the molecule is O=C(CS(=O)(=O)Cc1ccc(Cl)cc1)Nc1cc([N+](=O)[O-])ccc1Cl. The molecule has 0 radical (unpaired) electrons. The van der Waals surface area contributed by atoms with E-state index >= 15 is 0 Å². The molecule has 0 fully saturated rings. The van der Waals surface area contributed by atoms with Gasteiger partial charge in [-0.05, 0) is 23.8 Å². The third-order valence-electron chi connectivity index (χ3n) is 3.09. The summed E-state index contributed by atoms with van der Waals surface area (Å²) in [7, 11) is -3.74. The lowest BCUT2D eigenvalue weighted by Crippen LogP contribution is -2.24. The molecule has 0 aromatic heterocycles. The molecule has 10 heteroatoms. The Hall–Kier alpha value is -2.16. The molecule has 132 valence electrons. The van der Waals surface area contributed by atoms with Crippen LogP contribution < -0.4 is 5.32 Å². The summed E-state index contributed by atoms with van der Waals surface area (Å²) >= 11 is 11.6. The smallest absolute Gasteiger partial charge is 0.271 e. The molecule has 0 unspecified atom stereocenters. The molecule has 25 heavy (non-hydrogen) atoms. The second-order valence-electron chi connectivity index (χ2n) is 5.13. The van der Waals surface area contributed by atoms with Crippen molar-refractivity contribution in [1.82, 2.24) is 0 Å². The molecule has 2 aromatic rings. The molecule has 1 amide bonds. The van der Waals surface area contributed by atoms with Crippen molar-refractivity contribution in [2.75, 3.05) is 11.1 Å². The molecule has 0 bridgehead atoms. The Bertz CT molecular complexity index is 914. The monoisotopic (exact) mass is 402 g/mol. The third kappa shape index (κ3) is 5.70. The lowest BCUT2D eigenvalue weighted by atomic mass is 10.2. The van der Waals surface area contributed by atoms with Gasteiger partial charge >= 0.3 is 0 Å². The van der Waals surface area contributed by atoms with Gasteiger partial charge in [0.15, 0.2) is 9.84 Å². The number of hydrogen-bond acceptors (Lipinski definition) is 5. The number of nitrogens with zero attached hydrogens (tertiary/aromatic N) is 1. The van der Waals surface area contributed by atoms with E-state index in [1.807, 2.05) is 0 Å². The van der Waals surface area contributed by atoms with E-state index < -0.39 is 26.4 Å². The van der Waals surface area contributed by atoms with E-state index in [9.17, 15) is 23.3 Å². The molecule has 0 aliphatic heterocycles. The van der Waals surface area contributed by atoms with E-state index in [0.717, 1.165) is 6.07 Å². The van der Waals surface area contributed by atoms with Crippen molar-refractivity contribution in [3.05, 3.63) is 68.2 Å². The van der Waals surface area contributed by atoms with Crippen LogP contribution in [-0.4, -0.2) is 25.0 Å². The summed E-state index contributed by atoms with van der Waals surface area (Å²) in [5, 5.41) is 13.6. The Balaban J connectivity index is 2.07. The van der Waals surface area contributed by atoms with E-state index in [0.29, 0.717) is 10.6 Å². The maximum Gasteiger partial charge on any atom is 0.271 e. The molecule has 0 spiro atoms. The average Bonchev–Trinajstić information content (AvgIpc) is 2.50. The Labute approximate surface area is 153 Å². The van der Waals surface area contributed by atoms with Crippen LogP contribution in [0.15, 0.2) is 42.5 Å². The molecule has 1 N–H and O–H groups in total. The van der Waals surface area contributed by atoms with Crippen LogP contribution in [0.5, 0.6) is 0 Å². The predicted molar refractivity (Wildman–Crippen MR) is 95.7 cm³/mol. The van der Waals surface area contributed by atoms with Gasteiger partial charge in [0.25, 0.3) is 5.69 Å². The zero-order valence-corrected chi connectivity index (χ0v) is 14.9. The predicted octanol–water partition coefficient (Wildman–Crippen LogP) is 3.46. The van der Waals surface area contributed by atoms with Crippen LogP contribution in [0.3, 0.4) is 0 Å². The minimum Gasteiger partial charge on any atom is -0.324 e.